The number of pyridine rings is 1. The van der Waals surface area contributed by atoms with Gasteiger partial charge in [0.1, 0.15) is 0 Å². The van der Waals surface area contributed by atoms with Gasteiger partial charge in [-0.05, 0) is 30.1 Å². The Morgan fingerprint density at radius 3 is 2.84 bits per heavy atom. The molecule has 0 bridgehead atoms. The van der Waals surface area contributed by atoms with E-state index in [0.29, 0.717) is 5.92 Å². The minimum absolute atomic E-state index is 0.272. The van der Waals surface area contributed by atoms with Crippen molar-refractivity contribution >= 4 is 10.8 Å². The second kappa shape index (κ2) is 4.61. The van der Waals surface area contributed by atoms with Gasteiger partial charge in [-0.3, -0.25) is 4.98 Å². The zero-order chi connectivity index (χ0) is 13.5. The van der Waals surface area contributed by atoms with Crippen molar-refractivity contribution in [3.8, 4) is 0 Å². The molecule has 0 spiro atoms. The van der Waals surface area contributed by atoms with Gasteiger partial charge >= 0.3 is 0 Å². The second-order valence-corrected chi connectivity index (χ2v) is 5.99. The van der Waals surface area contributed by atoms with Gasteiger partial charge in [0, 0.05) is 23.3 Å². The van der Waals surface area contributed by atoms with Crippen LogP contribution in [0.5, 0.6) is 0 Å². The molecule has 0 saturated heterocycles. The van der Waals surface area contributed by atoms with Gasteiger partial charge in [-0.15, -0.1) is 0 Å². The molecule has 2 heteroatoms. The Morgan fingerprint density at radius 2 is 2.00 bits per heavy atom. The Labute approximate surface area is 114 Å². The van der Waals surface area contributed by atoms with E-state index in [1.807, 2.05) is 24.5 Å². The Kier molecular flexibility index (Phi) is 3.06. The van der Waals surface area contributed by atoms with Gasteiger partial charge in [0.25, 0.3) is 0 Å². The molecule has 1 aromatic carbocycles. The monoisotopic (exact) mass is 255 g/mol. The molecular weight excluding hydrogens is 234 g/mol. The molecular formula is C17H21NO. The van der Waals surface area contributed by atoms with Crippen molar-refractivity contribution in [2.24, 2.45) is 11.8 Å². The fourth-order valence-corrected chi connectivity index (χ4v) is 3.48. The fraction of sp³-hybridized carbons (Fsp3) is 0.471. The summed E-state index contributed by atoms with van der Waals surface area (Å²) in [5, 5.41) is 13.5. The molecule has 1 N–H and O–H groups in total. The van der Waals surface area contributed by atoms with E-state index in [1.54, 1.807) is 0 Å². The maximum Gasteiger partial charge on any atom is 0.0945 e. The van der Waals surface area contributed by atoms with Gasteiger partial charge in [-0.25, -0.2) is 0 Å². The van der Waals surface area contributed by atoms with Gasteiger partial charge in [0.2, 0.25) is 0 Å². The first-order chi connectivity index (χ1) is 9.13. The summed E-state index contributed by atoms with van der Waals surface area (Å²) in [6.45, 7) is 4.42. The topological polar surface area (TPSA) is 33.1 Å². The number of hydrogen-bond donors (Lipinski definition) is 1. The van der Waals surface area contributed by atoms with Crippen molar-refractivity contribution < 1.29 is 5.11 Å². The largest absolute Gasteiger partial charge is 0.385 e. The number of aliphatic hydroxyl groups is 1. The van der Waals surface area contributed by atoms with Crippen LogP contribution in [0, 0.1) is 11.8 Å². The number of aromatic nitrogens is 1. The van der Waals surface area contributed by atoms with E-state index >= 15 is 0 Å². The smallest absolute Gasteiger partial charge is 0.0945 e. The molecule has 1 aliphatic rings. The standard InChI is InChI=1S/C17H21NO/c1-12-6-5-9-17(19,13(12)2)16-11-18-10-14-7-3-4-8-15(14)16/h3-4,7-8,10-13,19H,5-6,9H2,1-2H3. The Balaban J connectivity index is 2.18. The quantitative estimate of drug-likeness (QED) is 0.839. The van der Waals surface area contributed by atoms with Crippen molar-refractivity contribution in [2.45, 2.75) is 38.7 Å². The van der Waals surface area contributed by atoms with Crippen LogP contribution in [0.1, 0.15) is 38.7 Å². The number of hydrogen-bond acceptors (Lipinski definition) is 2. The highest BCUT2D eigenvalue weighted by Gasteiger charge is 2.42. The van der Waals surface area contributed by atoms with Gasteiger partial charge < -0.3 is 5.11 Å². The van der Waals surface area contributed by atoms with Crippen molar-refractivity contribution in [1.82, 2.24) is 4.98 Å². The Hall–Kier alpha value is -1.41. The van der Waals surface area contributed by atoms with Crippen LogP contribution in [-0.4, -0.2) is 10.1 Å². The highest BCUT2D eigenvalue weighted by molar-refractivity contribution is 5.85. The predicted octanol–water partition coefficient (Wildman–Crippen LogP) is 3.88. The zero-order valence-electron chi connectivity index (χ0n) is 11.6. The lowest BCUT2D eigenvalue weighted by molar-refractivity contribution is -0.0679. The minimum atomic E-state index is -0.731. The average molecular weight is 255 g/mol. The van der Waals surface area contributed by atoms with E-state index in [9.17, 15) is 5.11 Å². The van der Waals surface area contributed by atoms with Crippen molar-refractivity contribution in [3.63, 3.8) is 0 Å². The number of rotatable bonds is 1. The lowest BCUT2D eigenvalue weighted by Gasteiger charge is -2.42. The van der Waals surface area contributed by atoms with Crippen LogP contribution >= 0.6 is 0 Å². The third-order valence-electron chi connectivity index (χ3n) is 4.96. The number of fused-ring (bicyclic) bond motifs is 1. The van der Waals surface area contributed by atoms with Crippen molar-refractivity contribution in [3.05, 3.63) is 42.2 Å². The van der Waals surface area contributed by atoms with Crippen molar-refractivity contribution in [1.29, 1.82) is 0 Å². The molecule has 19 heavy (non-hydrogen) atoms. The maximum atomic E-state index is 11.2. The predicted molar refractivity (Wildman–Crippen MR) is 77.8 cm³/mol. The molecule has 100 valence electrons. The molecule has 0 radical (unpaired) electrons. The van der Waals surface area contributed by atoms with Gasteiger partial charge in [0.05, 0.1) is 5.60 Å². The zero-order valence-corrected chi connectivity index (χ0v) is 11.6. The molecule has 1 saturated carbocycles. The van der Waals surface area contributed by atoms with E-state index in [1.165, 1.54) is 6.42 Å². The first-order valence-corrected chi connectivity index (χ1v) is 7.18. The average Bonchev–Trinajstić information content (AvgIpc) is 2.44. The first kappa shape index (κ1) is 12.6. The highest BCUT2D eigenvalue weighted by Crippen LogP contribution is 2.45. The lowest BCUT2D eigenvalue weighted by atomic mass is 9.67. The molecule has 1 heterocycles. The molecule has 3 atom stereocenters. The summed E-state index contributed by atoms with van der Waals surface area (Å²) < 4.78 is 0. The normalized spacial score (nSPS) is 31.5. The van der Waals surface area contributed by atoms with Gasteiger partial charge in [-0.2, -0.15) is 0 Å². The van der Waals surface area contributed by atoms with Crippen LogP contribution in [0.25, 0.3) is 10.8 Å². The SMILES string of the molecule is CC1CCCC(O)(c2cncc3ccccc23)C1C. The maximum absolute atomic E-state index is 11.2. The summed E-state index contributed by atoms with van der Waals surface area (Å²) in [6.07, 6.45) is 6.87. The molecule has 0 aliphatic heterocycles. The molecule has 1 aliphatic carbocycles. The summed E-state index contributed by atoms with van der Waals surface area (Å²) >= 11 is 0. The summed E-state index contributed by atoms with van der Waals surface area (Å²) in [4.78, 5) is 4.33. The van der Waals surface area contributed by atoms with Gasteiger partial charge in [-0.1, -0.05) is 44.5 Å². The minimum Gasteiger partial charge on any atom is -0.385 e. The third kappa shape index (κ3) is 1.95. The summed E-state index contributed by atoms with van der Waals surface area (Å²) in [6, 6.07) is 8.21. The fourth-order valence-electron chi connectivity index (χ4n) is 3.48. The van der Waals surface area contributed by atoms with E-state index in [4.69, 9.17) is 0 Å². The van der Waals surface area contributed by atoms with Crippen LogP contribution in [0.15, 0.2) is 36.7 Å². The molecule has 1 fully saturated rings. The van der Waals surface area contributed by atoms with Crippen LogP contribution < -0.4 is 0 Å². The molecule has 3 rings (SSSR count). The van der Waals surface area contributed by atoms with Gasteiger partial charge in [0.15, 0.2) is 0 Å². The van der Waals surface area contributed by atoms with Crippen LogP contribution in [0.3, 0.4) is 0 Å². The second-order valence-electron chi connectivity index (χ2n) is 5.99. The van der Waals surface area contributed by atoms with E-state index in [-0.39, 0.29) is 5.92 Å². The first-order valence-electron chi connectivity index (χ1n) is 7.18. The van der Waals surface area contributed by atoms with E-state index in [0.717, 1.165) is 29.2 Å². The van der Waals surface area contributed by atoms with Crippen LogP contribution in [0.2, 0.25) is 0 Å². The van der Waals surface area contributed by atoms with Crippen LogP contribution in [0.4, 0.5) is 0 Å². The molecule has 3 unspecified atom stereocenters. The third-order valence-corrected chi connectivity index (χ3v) is 4.96. The summed E-state index contributed by atoms with van der Waals surface area (Å²) in [5.74, 6) is 0.826. The van der Waals surface area contributed by atoms with Crippen molar-refractivity contribution in [2.75, 3.05) is 0 Å². The Morgan fingerprint density at radius 1 is 1.21 bits per heavy atom. The highest BCUT2D eigenvalue weighted by atomic mass is 16.3. The summed E-state index contributed by atoms with van der Waals surface area (Å²) in [5.41, 5.74) is 0.274. The molecule has 2 nitrogen and oxygen atoms in total. The molecule has 1 aromatic heterocycles. The van der Waals surface area contributed by atoms with E-state index < -0.39 is 5.60 Å². The number of nitrogens with zero attached hydrogens (tertiary/aromatic N) is 1. The summed E-state index contributed by atoms with van der Waals surface area (Å²) in [7, 11) is 0. The number of benzene rings is 1. The van der Waals surface area contributed by atoms with E-state index in [2.05, 4.69) is 31.0 Å². The molecule has 0 amide bonds. The Bertz CT molecular complexity index is 589. The molecule has 2 aromatic rings. The lowest BCUT2D eigenvalue weighted by Crippen LogP contribution is -2.40. The van der Waals surface area contributed by atoms with Crippen LogP contribution in [-0.2, 0) is 5.60 Å².